The molecule has 1 N–H and O–H groups in total. The number of amides is 1. The molecule has 0 aliphatic heterocycles. The lowest BCUT2D eigenvalue weighted by Crippen LogP contribution is -2.18. The van der Waals surface area contributed by atoms with E-state index in [0.29, 0.717) is 28.6 Å². The maximum absolute atomic E-state index is 11.2. The van der Waals surface area contributed by atoms with Gasteiger partial charge < -0.3 is 10.2 Å². The number of hydrogen-bond acceptors (Lipinski definition) is 3. The molecule has 0 fully saturated rings. The van der Waals surface area contributed by atoms with Gasteiger partial charge in [-0.3, -0.25) is 4.79 Å². The van der Waals surface area contributed by atoms with E-state index >= 15 is 0 Å². The fraction of sp³-hybridized carbons (Fsp3) is 0.333. The van der Waals surface area contributed by atoms with Gasteiger partial charge >= 0.3 is 0 Å². The minimum atomic E-state index is -0.0566. The number of carbonyl (C=O) groups excluding carboxylic acids is 1. The molecule has 0 spiro atoms. The Hall–Kier alpha value is -1.26. The zero-order valence-corrected chi connectivity index (χ0v) is 11.7. The Kier molecular flexibility index (Phi) is 5.95. The molecule has 0 heterocycles. The van der Waals surface area contributed by atoms with E-state index in [1.165, 1.54) is 7.11 Å². The molecule has 0 aliphatic carbocycles. The predicted octanol–water partition coefficient (Wildman–Crippen LogP) is 2.87. The number of oxime groups is 1. The van der Waals surface area contributed by atoms with Crippen LogP contribution in [0, 0.1) is 0 Å². The standard InChI is InChI=1S/C12H14Cl2N2O2/c1-15-12(17)6-5-11(16-18-2)8-3-4-9(13)10(14)7-8/h3-4,7H,5-6H2,1-2H3,(H,15,17)/b16-11+. The summed E-state index contributed by atoms with van der Waals surface area (Å²) in [7, 11) is 3.05. The van der Waals surface area contributed by atoms with Crippen molar-refractivity contribution in [3.63, 3.8) is 0 Å². The summed E-state index contributed by atoms with van der Waals surface area (Å²) in [5.41, 5.74) is 1.44. The van der Waals surface area contributed by atoms with Gasteiger partial charge in [0.05, 0.1) is 15.8 Å². The SMILES string of the molecule is CNC(=O)CC/C(=N\OC)c1ccc(Cl)c(Cl)c1. The molecule has 0 aromatic heterocycles. The number of hydrogen-bond donors (Lipinski definition) is 1. The van der Waals surface area contributed by atoms with Gasteiger partial charge in [-0.25, -0.2) is 0 Å². The lowest BCUT2D eigenvalue weighted by Gasteiger charge is -2.06. The summed E-state index contributed by atoms with van der Waals surface area (Å²) in [6, 6.07) is 5.17. The van der Waals surface area contributed by atoms with E-state index in [4.69, 9.17) is 28.0 Å². The van der Waals surface area contributed by atoms with Gasteiger partial charge in [0.25, 0.3) is 0 Å². The van der Waals surface area contributed by atoms with Gasteiger partial charge in [-0.2, -0.15) is 0 Å². The van der Waals surface area contributed by atoms with Gasteiger partial charge in [0.1, 0.15) is 7.11 Å². The summed E-state index contributed by atoms with van der Waals surface area (Å²) in [6.07, 6.45) is 0.796. The molecule has 0 radical (unpaired) electrons. The van der Waals surface area contributed by atoms with Gasteiger partial charge in [-0.05, 0) is 12.1 Å². The second kappa shape index (κ2) is 7.24. The molecule has 98 valence electrons. The second-order valence-electron chi connectivity index (χ2n) is 3.52. The van der Waals surface area contributed by atoms with E-state index in [9.17, 15) is 4.79 Å². The van der Waals surface area contributed by atoms with Crippen LogP contribution in [-0.2, 0) is 9.63 Å². The van der Waals surface area contributed by atoms with Crippen LogP contribution in [-0.4, -0.2) is 25.8 Å². The predicted molar refractivity (Wildman–Crippen MR) is 73.3 cm³/mol. The number of benzene rings is 1. The molecule has 0 aliphatic rings. The van der Waals surface area contributed by atoms with Crippen molar-refractivity contribution in [3.8, 4) is 0 Å². The second-order valence-corrected chi connectivity index (χ2v) is 4.34. The van der Waals surface area contributed by atoms with Gasteiger partial charge in [0.15, 0.2) is 0 Å². The van der Waals surface area contributed by atoms with Crippen molar-refractivity contribution in [2.45, 2.75) is 12.8 Å². The Balaban J connectivity index is 2.87. The maximum atomic E-state index is 11.2. The van der Waals surface area contributed by atoms with Crippen molar-refractivity contribution >= 4 is 34.8 Å². The normalized spacial score (nSPS) is 11.2. The van der Waals surface area contributed by atoms with Crippen molar-refractivity contribution in [2.75, 3.05) is 14.2 Å². The monoisotopic (exact) mass is 288 g/mol. The Labute approximate surface area is 116 Å². The van der Waals surface area contributed by atoms with E-state index in [0.717, 1.165) is 5.56 Å². The van der Waals surface area contributed by atoms with E-state index in [-0.39, 0.29) is 5.91 Å². The minimum absolute atomic E-state index is 0.0566. The average Bonchev–Trinajstić information content (AvgIpc) is 2.37. The van der Waals surface area contributed by atoms with Gasteiger partial charge in [-0.15, -0.1) is 0 Å². The first-order valence-corrected chi connectivity index (χ1v) is 6.10. The summed E-state index contributed by atoms with van der Waals surface area (Å²) in [4.78, 5) is 16.0. The van der Waals surface area contributed by atoms with Crippen molar-refractivity contribution < 1.29 is 9.63 Å². The molecule has 0 bridgehead atoms. The third-order valence-corrected chi connectivity index (χ3v) is 3.06. The maximum Gasteiger partial charge on any atom is 0.220 e. The third-order valence-electron chi connectivity index (χ3n) is 2.32. The lowest BCUT2D eigenvalue weighted by molar-refractivity contribution is -0.120. The number of halogens is 2. The Bertz CT molecular complexity index is 461. The first-order chi connectivity index (χ1) is 8.58. The zero-order valence-electron chi connectivity index (χ0n) is 10.2. The molecule has 0 saturated carbocycles. The van der Waals surface area contributed by atoms with Crippen LogP contribution in [0.4, 0.5) is 0 Å². The molecule has 0 atom stereocenters. The van der Waals surface area contributed by atoms with Crippen LogP contribution < -0.4 is 5.32 Å². The van der Waals surface area contributed by atoms with Crippen molar-refractivity contribution in [1.29, 1.82) is 0 Å². The van der Waals surface area contributed by atoms with E-state index in [1.807, 2.05) is 0 Å². The summed E-state index contributed by atoms with van der Waals surface area (Å²) in [5.74, 6) is -0.0566. The van der Waals surface area contributed by atoms with Crippen LogP contribution in [0.2, 0.25) is 10.0 Å². The number of rotatable bonds is 5. The van der Waals surface area contributed by atoms with Crippen LogP contribution in [0.3, 0.4) is 0 Å². The van der Waals surface area contributed by atoms with Crippen LogP contribution >= 0.6 is 23.2 Å². The molecule has 0 saturated heterocycles. The topological polar surface area (TPSA) is 50.7 Å². The molecule has 1 rings (SSSR count). The zero-order chi connectivity index (χ0) is 13.5. The van der Waals surface area contributed by atoms with Gasteiger partial charge in [-0.1, -0.05) is 34.4 Å². The molecular formula is C12H14Cl2N2O2. The molecule has 1 aromatic rings. The fourth-order valence-electron chi connectivity index (χ4n) is 1.39. The van der Waals surface area contributed by atoms with E-state index < -0.39 is 0 Å². The van der Waals surface area contributed by atoms with Crippen LogP contribution in [0.25, 0.3) is 0 Å². The first-order valence-electron chi connectivity index (χ1n) is 5.34. The summed E-state index contributed by atoms with van der Waals surface area (Å²) in [5, 5.41) is 7.38. The molecule has 1 aromatic carbocycles. The highest BCUT2D eigenvalue weighted by molar-refractivity contribution is 6.42. The van der Waals surface area contributed by atoms with Crippen LogP contribution in [0.5, 0.6) is 0 Å². The molecule has 4 nitrogen and oxygen atoms in total. The van der Waals surface area contributed by atoms with Crippen molar-refractivity contribution in [1.82, 2.24) is 5.32 Å². The van der Waals surface area contributed by atoms with Crippen LogP contribution in [0.15, 0.2) is 23.4 Å². The highest BCUT2D eigenvalue weighted by atomic mass is 35.5. The molecular weight excluding hydrogens is 275 g/mol. The molecule has 0 unspecified atom stereocenters. The number of nitrogens with one attached hydrogen (secondary N) is 1. The summed E-state index contributed by atoms with van der Waals surface area (Å²) < 4.78 is 0. The quantitative estimate of drug-likeness (QED) is 0.669. The summed E-state index contributed by atoms with van der Waals surface area (Å²) in [6.45, 7) is 0. The molecule has 6 heteroatoms. The van der Waals surface area contributed by atoms with Gasteiger partial charge in [0, 0.05) is 25.5 Å². The fourth-order valence-corrected chi connectivity index (χ4v) is 1.68. The Morgan fingerprint density at radius 2 is 2.06 bits per heavy atom. The smallest absolute Gasteiger partial charge is 0.220 e. The number of carbonyl (C=O) groups is 1. The molecule has 18 heavy (non-hydrogen) atoms. The third kappa shape index (κ3) is 4.20. The summed E-state index contributed by atoms with van der Waals surface area (Å²) >= 11 is 11.8. The highest BCUT2D eigenvalue weighted by Gasteiger charge is 2.09. The van der Waals surface area contributed by atoms with Crippen molar-refractivity contribution in [3.05, 3.63) is 33.8 Å². The van der Waals surface area contributed by atoms with Crippen LogP contribution in [0.1, 0.15) is 18.4 Å². The Morgan fingerprint density at radius 1 is 1.33 bits per heavy atom. The number of nitrogens with zero attached hydrogens (tertiary/aromatic N) is 1. The van der Waals surface area contributed by atoms with Gasteiger partial charge in [0.2, 0.25) is 5.91 Å². The van der Waals surface area contributed by atoms with E-state index in [1.54, 1.807) is 25.2 Å². The van der Waals surface area contributed by atoms with Crippen molar-refractivity contribution in [2.24, 2.45) is 5.16 Å². The molecule has 1 amide bonds. The van der Waals surface area contributed by atoms with E-state index in [2.05, 4.69) is 10.5 Å². The lowest BCUT2D eigenvalue weighted by atomic mass is 10.1. The minimum Gasteiger partial charge on any atom is -0.399 e. The average molecular weight is 289 g/mol. The first kappa shape index (κ1) is 14.8. The largest absolute Gasteiger partial charge is 0.399 e. The Morgan fingerprint density at radius 3 is 2.61 bits per heavy atom. The highest BCUT2D eigenvalue weighted by Crippen LogP contribution is 2.23.